The van der Waals surface area contributed by atoms with E-state index in [9.17, 15) is 22.8 Å². The molecule has 0 saturated carbocycles. The van der Waals surface area contributed by atoms with Crippen molar-refractivity contribution in [3.8, 4) is 0 Å². The van der Waals surface area contributed by atoms with Crippen molar-refractivity contribution in [1.82, 2.24) is 0 Å². The van der Waals surface area contributed by atoms with Gasteiger partial charge in [-0.3, -0.25) is 9.59 Å². The Labute approximate surface area is 146 Å². The second-order valence-corrected chi connectivity index (χ2v) is 5.93. The molecule has 0 fully saturated rings. The van der Waals surface area contributed by atoms with Crippen molar-refractivity contribution in [2.75, 3.05) is 5.32 Å². The molecule has 7 heteroatoms. The molecule has 0 unspecified atom stereocenters. The van der Waals surface area contributed by atoms with Gasteiger partial charge in [0.05, 0.1) is 16.6 Å². The molecule has 4 nitrogen and oxygen atoms in total. The number of nitrogens with one attached hydrogen (secondary N) is 1. The van der Waals surface area contributed by atoms with Crippen molar-refractivity contribution in [3.63, 3.8) is 0 Å². The van der Waals surface area contributed by atoms with E-state index < -0.39 is 28.8 Å². The first kappa shape index (κ1) is 17.7. The minimum Gasteiger partial charge on any atom is -0.450 e. The minimum atomic E-state index is -4.62. The van der Waals surface area contributed by atoms with Crippen LogP contribution in [0, 0.1) is 13.8 Å². The molecule has 0 aliphatic carbocycles. The number of carbonyl (C=O) groups excluding carboxylic acids is 1. The molecule has 3 aromatic rings. The Morgan fingerprint density at radius 2 is 1.77 bits per heavy atom. The third-order valence-corrected chi connectivity index (χ3v) is 3.86. The fourth-order valence-corrected chi connectivity index (χ4v) is 2.74. The molecule has 0 aliphatic rings. The first-order valence-electron chi connectivity index (χ1n) is 7.69. The van der Waals surface area contributed by atoms with Crippen LogP contribution in [0.4, 0.5) is 18.9 Å². The molecule has 26 heavy (non-hydrogen) atoms. The summed E-state index contributed by atoms with van der Waals surface area (Å²) < 4.78 is 44.6. The number of amides is 1. The number of hydrogen-bond acceptors (Lipinski definition) is 3. The highest BCUT2D eigenvalue weighted by Gasteiger charge is 2.33. The van der Waals surface area contributed by atoms with Gasteiger partial charge in [-0.2, -0.15) is 13.2 Å². The van der Waals surface area contributed by atoms with Gasteiger partial charge in [-0.1, -0.05) is 18.2 Å². The van der Waals surface area contributed by atoms with Crippen molar-refractivity contribution >= 4 is 22.6 Å². The molecule has 0 atom stereocenters. The molecule has 134 valence electrons. The first-order valence-corrected chi connectivity index (χ1v) is 7.69. The Morgan fingerprint density at radius 1 is 1.08 bits per heavy atom. The number of para-hydroxylation sites is 1. The Bertz CT molecular complexity index is 1070. The summed E-state index contributed by atoms with van der Waals surface area (Å²) in [5.41, 5.74) is -0.0811. The zero-order chi connectivity index (χ0) is 19.1. The Balaban J connectivity index is 2.04. The molecule has 2 aromatic carbocycles. The van der Waals surface area contributed by atoms with Crippen molar-refractivity contribution < 1.29 is 22.4 Å². The first-order chi connectivity index (χ1) is 12.2. The summed E-state index contributed by atoms with van der Waals surface area (Å²) in [6.07, 6.45) is -4.62. The Hall–Kier alpha value is -3.09. The maximum absolute atomic E-state index is 13.0. The smallest absolute Gasteiger partial charge is 0.418 e. The molecule has 0 bridgehead atoms. The van der Waals surface area contributed by atoms with Gasteiger partial charge in [-0.15, -0.1) is 0 Å². The maximum atomic E-state index is 13.0. The summed E-state index contributed by atoms with van der Waals surface area (Å²) in [5.74, 6) is -1.29. The normalized spacial score (nSPS) is 11.6. The SMILES string of the molecule is Cc1cc(C)c2oc(C(=O)Nc3ccccc3C(F)(F)F)cc(=O)c2c1. The predicted octanol–water partition coefficient (Wildman–Crippen LogP) is 4.68. The summed E-state index contributed by atoms with van der Waals surface area (Å²) in [5, 5.41) is 2.48. The standard InChI is InChI=1S/C19H14F3NO3/c1-10-7-11(2)17-12(8-10)15(24)9-16(26-17)18(25)23-14-6-4-3-5-13(14)19(20,21)22/h3-9H,1-2H3,(H,23,25). The number of aryl methyl sites for hydroxylation is 2. The number of anilines is 1. The molecule has 1 aromatic heterocycles. The molecule has 0 aliphatic heterocycles. The second kappa shape index (κ2) is 6.33. The largest absolute Gasteiger partial charge is 0.450 e. The highest BCUT2D eigenvalue weighted by atomic mass is 19.4. The molecule has 3 rings (SSSR count). The van der Waals surface area contributed by atoms with Crippen LogP contribution in [0.25, 0.3) is 11.0 Å². The van der Waals surface area contributed by atoms with Crippen LogP contribution in [-0.4, -0.2) is 5.91 Å². The molecule has 1 amide bonds. The molecule has 0 radical (unpaired) electrons. The summed E-state index contributed by atoms with van der Waals surface area (Å²) in [7, 11) is 0. The lowest BCUT2D eigenvalue weighted by molar-refractivity contribution is -0.136. The zero-order valence-corrected chi connectivity index (χ0v) is 13.9. The van der Waals surface area contributed by atoms with E-state index in [2.05, 4.69) is 5.32 Å². The van der Waals surface area contributed by atoms with Gasteiger partial charge in [0.2, 0.25) is 0 Å². The lowest BCUT2D eigenvalue weighted by Crippen LogP contribution is -2.18. The van der Waals surface area contributed by atoms with Gasteiger partial charge in [0, 0.05) is 6.07 Å². The fraction of sp³-hybridized carbons (Fsp3) is 0.158. The van der Waals surface area contributed by atoms with Crippen molar-refractivity contribution in [2.45, 2.75) is 20.0 Å². The van der Waals surface area contributed by atoms with Crippen molar-refractivity contribution in [2.24, 2.45) is 0 Å². The van der Waals surface area contributed by atoms with Crippen LogP contribution in [0.5, 0.6) is 0 Å². The van der Waals surface area contributed by atoms with Crippen LogP contribution in [0.3, 0.4) is 0 Å². The van der Waals surface area contributed by atoms with Crippen LogP contribution in [0.15, 0.2) is 51.7 Å². The second-order valence-electron chi connectivity index (χ2n) is 5.93. The van der Waals surface area contributed by atoms with E-state index in [1.807, 2.05) is 6.92 Å². The summed E-state index contributed by atoms with van der Waals surface area (Å²) in [6.45, 7) is 3.54. The van der Waals surface area contributed by atoms with E-state index in [-0.39, 0.29) is 11.3 Å². The van der Waals surface area contributed by atoms with Gasteiger partial charge in [-0.25, -0.2) is 0 Å². The third-order valence-electron chi connectivity index (χ3n) is 3.86. The van der Waals surface area contributed by atoms with Crippen LogP contribution in [0.1, 0.15) is 27.2 Å². The lowest BCUT2D eigenvalue weighted by Gasteiger charge is -2.13. The summed E-state index contributed by atoms with van der Waals surface area (Å²) >= 11 is 0. The number of hydrogen-bond donors (Lipinski definition) is 1. The highest BCUT2D eigenvalue weighted by molar-refractivity contribution is 6.03. The van der Waals surface area contributed by atoms with E-state index in [0.29, 0.717) is 10.9 Å². The van der Waals surface area contributed by atoms with E-state index >= 15 is 0 Å². The quantitative estimate of drug-likeness (QED) is 0.721. The minimum absolute atomic E-state index is 0.234. The number of fused-ring (bicyclic) bond motifs is 1. The molecule has 0 saturated heterocycles. The van der Waals surface area contributed by atoms with Crippen LogP contribution >= 0.6 is 0 Å². The number of benzene rings is 2. The Morgan fingerprint density at radius 3 is 2.46 bits per heavy atom. The summed E-state index contributed by atoms with van der Waals surface area (Å²) in [6, 6.07) is 8.98. The average molecular weight is 361 g/mol. The number of alkyl halides is 3. The monoisotopic (exact) mass is 361 g/mol. The molecule has 1 heterocycles. The molecule has 1 N–H and O–H groups in total. The van der Waals surface area contributed by atoms with Crippen LogP contribution < -0.4 is 10.7 Å². The van der Waals surface area contributed by atoms with Gasteiger partial charge < -0.3 is 9.73 Å². The van der Waals surface area contributed by atoms with Gasteiger partial charge in [0.1, 0.15) is 5.58 Å². The van der Waals surface area contributed by atoms with Gasteiger partial charge in [0.25, 0.3) is 5.91 Å². The molecular weight excluding hydrogens is 347 g/mol. The zero-order valence-electron chi connectivity index (χ0n) is 13.9. The topological polar surface area (TPSA) is 59.3 Å². The van der Waals surface area contributed by atoms with Crippen molar-refractivity contribution in [3.05, 3.63) is 75.1 Å². The summed E-state index contributed by atoms with van der Waals surface area (Å²) in [4.78, 5) is 24.6. The number of carbonyl (C=O) groups is 1. The third kappa shape index (κ3) is 3.33. The molecule has 0 spiro atoms. The van der Waals surface area contributed by atoms with E-state index in [4.69, 9.17) is 4.42 Å². The maximum Gasteiger partial charge on any atom is 0.418 e. The van der Waals surface area contributed by atoms with Gasteiger partial charge in [0.15, 0.2) is 11.2 Å². The predicted molar refractivity (Wildman–Crippen MR) is 91.4 cm³/mol. The van der Waals surface area contributed by atoms with Crippen molar-refractivity contribution in [1.29, 1.82) is 0 Å². The lowest BCUT2D eigenvalue weighted by atomic mass is 10.1. The highest BCUT2D eigenvalue weighted by Crippen LogP contribution is 2.34. The van der Waals surface area contributed by atoms with Crippen LogP contribution in [-0.2, 0) is 6.18 Å². The van der Waals surface area contributed by atoms with E-state index in [0.717, 1.165) is 23.8 Å². The number of halogens is 3. The van der Waals surface area contributed by atoms with E-state index in [1.54, 1.807) is 19.1 Å². The van der Waals surface area contributed by atoms with E-state index in [1.165, 1.54) is 12.1 Å². The Kier molecular flexibility index (Phi) is 4.31. The van der Waals surface area contributed by atoms with Gasteiger partial charge in [-0.05, 0) is 43.2 Å². The molecular formula is C19H14F3NO3. The number of rotatable bonds is 2. The van der Waals surface area contributed by atoms with Crippen LogP contribution in [0.2, 0.25) is 0 Å². The van der Waals surface area contributed by atoms with Gasteiger partial charge >= 0.3 is 6.18 Å². The average Bonchev–Trinajstić information content (AvgIpc) is 2.55. The fourth-order valence-electron chi connectivity index (χ4n) is 2.74.